The molecule has 2 aromatic carbocycles. The van der Waals surface area contributed by atoms with E-state index in [1.165, 1.54) is 5.56 Å². The second kappa shape index (κ2) is 8.95. The summed E-state index contributed by atoms with van der Waals surface area (Å²) in [5.74, 6) is 0.844. The highest BCUT2D eigenvalue weighted by atomic mass is 35.5. The summed E-state index contributed by atoms with van der Waals surface area (Å²) in [5, 5.41) is 6.22. The Morgan fingerprint density at radius 1 is 1.12 bits per heavy atom. The third kappa shape index (κ3) is 6.26. The Morgan fingerprint density at radius 2 is 1.81 bits per heavy atom. The van der Waals surface area contributed by atoms with Gasteiger partial charge in [0, 0.05) is 17.3 Å². The van der Waals surface area contributed by atoms with Gasteiger partial charge in [0.2, 0.25) is 0 Å². The molecule has 0 aromatic heterocycles. The van der Waals surface area contributed by atoms with Crippen LogP contribution in [0.3, 0.4) is 0 Å². The Hall–Kier alpha value is -2.20. The summed E-state index contributed by atoms with van der Waals surface area (Å²) in [7, 11) is 0. The molecule has 26 heavy (non-hydrogen) atoms. The maximum Gasteiger partial charge on any atom is 0.319 e. The van der Waals surface area contributed by atoms with Gasteiger partial charge in [-0.15, -0.1) is 0 Å². The van der Waals surface area contributed by atoms with Gasteiger partial charge in [0.25, 0.3) is 0 Å². The van der Waals surface area contributed by atoms with Crippen molar-refractivity contribution in [3.05, 3.63) is 58.6 Å². The van der Waals surface area contributed by atoms with Gasteiger partial charge in [-0.3, -0.25) is 0 Å². The van der Waals surface area contributed by atoms with Crippen molar-refractivity contribution >= 4 is 23.3 Å². The van der Waals surface area contributed by atoms with E-state index in [1.807, 2.05) is 25.1 Å². The van der Waals surface area contributed by atoms with E-state index in [-0.39, 0.29) is 11.4 Å². The SMILES string of the molecule is Cc1ccc(Cl)cc1NC(=O)NCCCOc1ccc(C(C)(C)C)cc1. The van der Waals surface area contributed by atoms with Crippen molar-refractivity contribution in [3.8, 4) is 5.75 Å². The summed E-state index contributed by atoms with van der Waals surface area (Å²) in [4.78, 5) is 11.9. The molecule has 0 bridgehead atoms. The van der Waals surface area contributed by atoms with Crippen LogP contribution in [0.2, 0.25) is 5.02 Å². The molecule has 0 aliphatic carbocycles. The van der Waals surface area contributed by atoms with E-state index in [0.717, 1.165) is 17.7 Å². The molecule has 0 spiro atoms. The van der Waals surface area contributed by atoms with Gasteiger partial charge < -0.3 is 15.4 Å². The lowest BCUT2D eigenvalue weighted by Gasteiger charge is -2.19. The molecule has 0 aliphatic heterocycles. The molecule has 5 heteroatoms. The zero-order valence-corrected chi connectivity index (χ0v) is 16.6. The third-order valence-electron chi connectivity index (χ3n) is 4.04. The average Bonchev–Trinajstić information content (AvgIpc) is 2.57. The van der Waals surface area contributed by atoms with Crippen LogP contribution < -0.4 is 15.4 Å². The smallest absolute Gasteiger partial charge is 0.319 e. The van der Waals surface area contributed by atoms with Crippen molar-refractivity contribution < 1.29 is 9.53 Å². The van der Waals surface area contributed by atoms with Gasteiger partial charge >= 0.3 is 6.03 Å². The minimum Gasteiger partial charge on any atom is -0.494 e. The Balaban J connectivity index is 1.68. The van der Waals surface area contributed by atoms with Crippen LogP contribution in [0, 0.1) is 6.92 Å². The number of anilines is 1. The van der Waals surface area contributed by atoms with E-state index in [2.05, 4.69) is 43.5 Å². The Bertz CT molecular complexity index is 737. The number of halogens is 1. The number of amides is 2. The number of hydrogen-bond donors (Lipinski definition) is 2. The first kappa shape index (κ1) is 20.1. The topological polar surface area (TPSA) is 50.4 Å². The second-order valence-electron chi connectivity index (χ2n) is 7.32. The van der Waals surface area contributed by atoms with Crippen LogP contribution >= 0.6 is 11.6 Å². The first-order valence-corrected chi connectivity index (χ1v) is 9.18. The van der Waals surface area contributed by atoms with Gasteiger partial charge in [0.15, 0.2) is 0 Å². The number of ether oxygens (including phenoxy) is 1. The molecule has 4 nitrogen and oxygen atoms in total. The van der Waals surface area contributed by atoms with Crippen LogP contribution in [-0.4, -0.2) is 19.2 Å². The maximum absolute atomic E-state index is 11.9. The van der Waals surface area contributed by atoms with Crippen LogP contribution in [0.15, 0.2) is 42.5 Å². The number of nitrogens with one attached hydrogen (secondary N) is 2. The maximum atomic E-state index is 11.9. The molecule has 0 heterocycles. The number of hydrogen-bond acceptors (Lipinski definition) is 2. The van der Waals surface area contributed by atoms with Crippen LogP contribution in [0.4, 0.5) is 10.5 Å². The zero-order valence-electron chi connectivity index (χ0n) is 15.9. The predicted molar refractivity (Wildman–Crippen MR) is 108 cm³/mol. The van der Waals surface area contributed by atoms with E-state index in [9.17, 15) is 4.79 Å². The highest BCUT2D eigenvalue weighted by Crippen LogP contribution is 2.24. The van der Waals surface area contributed by atoms with E-state index >= 15 is 0 Å². The van der Waals surface area contributed by atoms with Crippen LogP contribution in [-0.2, 0) is 5.41 Å². The lowest BCUT2D eigenvalue weighted by Crippen LogP contribution is -2.30. The summed E-state index contributed by atoms with van der Waals surface area (Å²) in [6.45, 7) is 9.56. The highest BCUT2D eigenvalue weighted by molar-refractivity contribution is 6.31. The first-order chi connectivity index (χ1) is 12.3. The van der Waals surface area contributed by atoms with Gasteiger partial charge in [-0.1, -0.05) is 50.6 Å². The fraction of sp³-hybridized carbons (Fsp3) is 0.381. The van der Waals surface area contributed by atoms with Crippen molar-refractivity contribution in [1.29, 1.82) is 0 Å². The fourth-order valence-electron chi connectivity index (χ4n) is 2.41. The Kier molecular flexibility index (Phi) is 6.92. The largest absolute Gasteiger partial charge is 0.494 e. The molecule has 0 saturated heterocycles. The molecule has 140 valence electrons. The van der Waals surface area contributed by atoms with Gasteiger partial charge in [0.1, 0.15) is 5.75 Å². The molecule has 2 amide bonds. The first-order valence-electron chi connectivity index (χ1n) is 8.80. The zero-order chi connectivity index (χ0) is 19.2. The fourth-order valence-corrected chi connectivity index (χ4v) is 2.58. The summed E-state index contributed by atoms with van der Waals surface area (Å²) in [6.07, 6.45) is 0.725. The molecular weight excluding hydrogens is 348 g/mol. The molecule has 2 aromatic rings. The average molecular weight is 375 g/mol. The molecule has 0 aliphatic rings. The number of carbonyl (C=O) groups is 1. The third-order valence-corrected chi connectivity index (χ3v) is 4.28. The molecule has 0 atom stereocenters. The van der Waals surface area contributed by atoms with E-state index in [0.29, 0.717) is 23.9 Å². The molecule has 0 fully saturated rings. The van der Waals surface area contributed by atoms with Crippen molar-refractivity contribution in [3.63, 3.8) is 0 Å². The Labute approximate surface area is 160 Å². The van der Waals surface area contributed by atoms with Crippen LogP contribution in [0.25, 0.3) is 0 Å². The Morgan fingerprint density at radius 3 is 2.46 bits per heavy atom. The normalized spacial score (nSPS) is 11.1. The van der Waals surface area contributed by atoms with E-state index < -0.39 is 0 Å². The molecule has 2 rings (SSSR count). The summed E-state index contributed by atoms with van der Waals surface area (Å²) >= 11 is 5.95. The molecular formula is C21H27ClN2O2. The minimum absolute atomic E-state index is 0.136. The van der Waals surface area contributed by atoms with Gasteiger partial charge in [-0.2, -0.15) is 0 Å². The number of carbonyl (C=O) groups excluding carboxylic acids is 1. The van der Waals surface area contributed by atoms with E-state index in [4.69, 9.17) is 16.3 Å². The van der Waals surface area contributed by atoms with Crippen molar-refractivity contribution in [2.45, 2.75) is 39.5 Å². The molecule has 2 N–H and O–H groups in total. The summed E-state index contributed by atoms with van der Waals surface area (Å²) in [6, 6.07) is 13.3. The van der Waals surface area contributed by atoms with Crippen LogP contribution in [0.5, 0.6) is 5.75 Å². The minimum atomic E-state index is -0.245. The quantitative estimate of drug-likeness (QED) is 0.652. The van der Waals surface area contributed by atoms with Crippen molar-refractivity contribution in [2.24, 2.45) is 0 Å². The number of rotatable bonds is 6. The number of benzene rings is 2. The van der Waals surface area contributed by atoms with Crippen molar-refractivity contribution in [2.75, 3.05) is 18.5 Å². The number of urea groups is 1. The van der Waals surface area contributed by atoms with Gasteiger partial charge in [0.05, 0.1) is 6.61 Å². The second-order valence-corrected chi connectivity index (χ2v) is 7.75. The summed E-state index contributed by atoms with van der Waals surface area (Å²) in [5.41, 5.74) is 3.09. The lowest BCUT2D eigenvalue weighted by atomic mass is 9.87. The lowest BCUT2D eigenvalue weighted by molar-refractivity contribution is 0.250. The van der Waals surface area contributed by atoms with Crippen molar-refractivity contribution in [1.82, 2.24) is 5.32 Å². The molecule has 0 saturated carbocycles. The highest BCUT2D eigenvalue weighted by Gasteiger charge is 2.12. The molecule has 0 radical (unpaired) electrons. The number of aryl methyl sites for hydroxylation is 1. The van der Waals surface area contributed by atoms with Gasteiger partial charge in [-0.05, 0) is 54.2 Å². The van der Waals surface area contributed by atoms with E-state index in [1.54, 1.807) is 12.1 Å². The molecule has 0 unspecified atom stereocenters. The standard InChI is InChI=1S/C21H27ClN2O2/c1-15-6-9-17(22)14-19(15)24-20(25)23-12-5-13-26-18-10-7-16(8-11-18)21(2,3)4/h6-11,14H,5,12-13H2,1-4H3,(H2,23,24,25). The van der Waals surface area contributed by atoms with Gasteiger partial charge in [-0.25, -0.2) is 4.79 Å². The van der Waals surface area contributed by atoms with Crippen LogP contribution in [0.1, 0.15) is 38.3 Å². The predicted octanol–water partition coefficient (Wildman–Crippen LogP) is 5.54. The summed E-state index contributed by atoms with van der Waals surface area (Å²) < 4.78 is 5.72. The monoisotopic (exact) mass is 374 g/mol.